The zero-order valence-electron chi connectivity index (χ0n) is 28.8. The SMILES string of the molecule is c1ccc(-c2cc(-c3ccccc3)cc(-n3ccc4c3ccc3c5ccccc5n(-c5cccc6c5oc5c(-c7ccccc7)cccc56)c34)c2)cc1. The van der Waals surface area contributed by atoms with Crippen LogP contribution in [0.4, 0.5) is 0 Å². The Morgan fingerprint density at radius 1 is 0.358 bits per heavy atom. The summed E-state index contributed by atoms with van der Waals surface area (Å²) in [6.45, 7) is 0. The normalized spacial score (nSPS) is 11.8. The fourth-order valence-electron chi connectivity index (χ4n) is 8.32. The molecule has 0 aliphatic carbocycles. The number of nitrogens with zero attached hydrogens (tertiary/aromatic N) is 2. The van der Waals surface area contributed by atoms with E-state index in [4.69, 9.17) is 4.42 Å². The fraction of sp³-hybridized carbons (Fsp3) is 0. The van der Waals surface area contributed by atoms with E-state index in [1.165, 1.54) is 43.9 Å². The van der Waals surface area contributed by atoms with Gasteiger partial charge in [0, 0.05) is 44.4 Å². The van der Waals surface area contributed by atoms with E-state index in [0.717, 1.165) is 55.5 Å². The van der Waals surface area contributed by atoms with Crippen LogP contribution in [0.2, 0.25) is 0 Å². The van der Waals surface area contributed by atoms with Gasteiger partial charge in [0.05, 0.1) is 22.2 Å². The van der Waals surface area contributed by atoms with Gasteiger partial charge < -0.3 is 13.6 Å². The number of benzene rings is 8. The molecule has 0 radical (unpaired) electrons. The van der Waals surface area contributed by atoms with Crippen molar-refractivity contribution in [3.8, 4) is 44.8 Å². The van der Waals surface area contributed by atoms with E-state index >= 15 is 0 Å². The van der Waals surface area contributed by atoms with Crippen LogP contribution < -0.4 is 0 Å². The Morgan fingerprint density at radius 2 is 0.962 bits per heavy atom. The average molecular weight is 677 g/mol. The van der Waals surface area contributed by atoms with Crippen molar-refractivity contribution in [2.75, 3.05) is 0 Å². The van der Waals surface area contributed by atoms with Gasteiger partial charge >= 0.3 is 0 Å². The van der Waals surface area contributed by atoms with Gasteiger partial charge in [0.2, 0.25) is 0 Å². The standard InChI is InChI=1S/C50H32N2O/c1-4-14-33(15-5-1)36-30-37(34-16-6-2-7-17-34)32-38(31-36)51-29-28-44-45(51)27-26-41-40-20-10-11-24-46(40)52(48(41)44)47-25-13-23-43-42-22-12-21-39(49(42)53-50(43)47)35-18-8-3-9-19-35/h1-32H. The number of hydrogen-bond donors (Lipinski definition) is 0. The molecule has 0 bridgehead atoms. The largest absolute Gasteiger partial charge is 0.453 e. The van der Waals surface area contributed by atoms with Crippen molar-refractivity contribution in [1.82, 2.24) is 9.13 Å². The topological polar surface area (TPSA) is 23.0 Å². The Kier molecular flexibility index (Phi) is 6.55. The maximum Gasteiger partial charge on any atom is 0.159 e. The molecular weight excluding hydrogens is 645 g/mol. The predicted molar refractivity (Wildman–Crippen MR) is 221 cm³/mol. The Bertz CT molecular complexity index is 3090. The zero-order valence-corrected chi connectivity index (χ0v) is 28.8. The van der Waals surface area contributed by atoms with Crippen molar-refractivity contribution in [3.63, 3.8) is 0 Å². The molecule has 3 aromatic heterocycles. The Morgan fingerprint density at radius 3 is 1.68 bits per heavy atom. The van der Waals surface area contributed by atoms with Crippen molar-refractivity contribution in [2.45, 2.75) is 0 Å². The molecule has 0 fully saturated rings. The molecule has 0 aliphatic heterocycles. The number of rotatable bonds is 5. The van der Waals surface area contributed by atoms with Crippen molar-refractivity contribution in [1.29, 1.82) is 0 Å². The Balaban J connectivity index is 1.18. The van der Waals surface area contributed by atoms with Crippen LogP contribution in [0.25, 0.3) is 99.4 Å². The predicted octanol–water partition coefficient (Wildman–Crippen LogP) is 13.6. The van der Waals surface area contributed by atoms with Gasteiger partial charge in [0.1, 0.15) is 5.58 Å². The van der Waals surface area contributed by atoms with E-state index in [2.05, 4.69) is 203 Å². The molecule has 3 heterocycles. The number of fused-ring (bicyclic) bond motifs is 8. The van der Waals surface area contributed by atoms with Crippen LogP contribution in [0.1, 0.15) is 0 Å². The smallest absolute Gasteiger partial charge is 0.159 e. The lowest BCUT2D eigenvalue weighted by molar-refractivity contribution is 0.667. The van der Waals surface area contributed by atoms with Gasteiger partial charge in [0.15, 0.2) is 5.58 Å². The van der Waals surface area contributed by atoms with Crippen LogP contribution in [-0.2, 0) is 0 Å². The molecule has 11 aromatic rings. The summed E-state index contributed by atoms with van der Waals surface area (Å²) < 4.78 is 11.7. The van der Waals surface area contributed by atoms with Gasteiger partial charge in [-0.2, -0.15) is 0 Å². The number of para-hydroxylation sites is 3. The quantitative estimate of drug-likeness (QED) is 0.178. The summed E-state index contributed by atoms with van der Waals surface area (Å²) in [6, 6.07) is 67.3. The third kappa shape index (κ3) is 4.61. The van der Waals surface area contributed by atoms with Crippen LogP contribution in [0.3, 0.4) is 0 Å². The van der Waals surface area contributed by atoms with E-state index in [-0.39, 0.29) is 0 Å². The number of aromatic nitrogens is 2. The molecule has 53 heavy (non-hydrogen) atoms. The van der Waals surface area contributed by atoms with Crippen LogP contribution >= 0.6 is 0 Å². The van der Waals surface area contributed by atoms with Crippen molar-refractivity contribution >= 4 is 54.6 Å². The third-order valence-corrected chi connectivity index (χ3v) is 10.7. The first-order valence-electron chi connectivity index (χ1n) is 18.1. The van der Waals surface area contributed by atoms with E-state index in [1.54, 1.807) is 0 Å². The average Bonchev–Trinajstić information content (AvgIpc) is 3.94. The van der Waals surface area contributed by atoms with E-state index in [1.807, 2.05) is 0 Å². The summed E-state index contributed by atoms with van der Waals surface area (Å²) in [7, 11) is 0. The van der Waals surface area contributed by atoms with Crippen molar-refractivity contribution in [2.24, 2.45) is 0 Å². The van der Waals surface area contributed by atoms with Crippen LogP contribution in [0.15, 0.2) is 199 Å². The maximum atomic E-state index is 6.96. The third-order valence-electron chi connectivity index (χ3n) is 10.7. The molecule has 0 saturated heterocycles. The first-order valence-corrected chi connectivity index (χ1v) is 18.1. The Hall–Kier alpha value is -7.10. The van der Waals surface area contributed by atoms with E-state index < -0.39 is 0 Å². The molecule has 0 aliphatic rings. The molecule has 0 atom stereocenters. The lowest BCUT2D eigenvalue weighted by Gasteiger charge is -2.13. The maximum absolute atomic E-state index is 6.96. The summed E-state index contributed by atoms with van der Waals surface area (Å²) in [6.07, 6.45) is 2.22. The molecule has 11 rings (SSSR count). The molecule has 3 heteroatoms. The molecule has 0 spiro atoms. The highest BCUT2D eigenvalue weighted by atomic mass is 16.3. The molecule has 3 nitrogen and oxygen atoms in total. The fourth-order valence-corrected chi connectivity index (χ4v) is 8.32. The van der Waals surface area contributed by atoms with Crippen LogP contribution in [0, 0.1) is 0 Å². The summed E-state index contributed by atoms with van der Waals surface area (Å²) >= 11 is 0. The summed E-state index contributed by atoms with van der Waals surface area (Å²) in [5, 5.41) is 5.84. The molecule has 248 valence electrons. The molecule has 0 amide bonds. The molecule has 8 aromatic carbocycles. The number of furan rings is 1. The van der Waals surface area contributed by atoms with Crippen molar-refractivity contribution in [3.05, 3.63) is 194 Å². The highest BCUT2D eigenvalue weighted by Gasteiger charge is 2.21. The molecular formula is C50H32N2O. The summed E-state index contributed by atoms with van der Waals surface area (Å²) in [4.78, 5) is 0. The van der Waals surface area contributed by atoms with Gasteiger partial charge in [0.25, 0.3) is 0 Å². The molecule has 0 unspecified atom stereocenters. The first-order chi connectivity index (χ1) is 26.3. The minimum absolute atomic E-state index is 0.882. The lowest BCUT2D eigenvalue weighted by atomic mass is 9.98. The lowest BCUT2D eigenvalue weighted by Crippen LogP contribution is -1.96. The Labute approximate surface area is 306 Å². The van der Waals surface area contributed by atoms with Gasteiger partial charge in [-0.05, 0) is 70.3 Å². The second-order valence-electron chi connectivity index (χ2n) is 13.7. The van der Waals surface area contributed by atoms with Gasteiger partial charge in [-0.3, -0.25) is 0 Å². The highest BCUT2D eigenvalue weighted by molar-refractivity contribution is 6.20. The van der Waals surface area contributed by atoms with E-state index in [0.29, 0.717) is 0 Å². The monoisotopic (exact) mass is 676 g/mol. The minimum atomic E-state index is 0.882. The second-order valence-corrected chi connectivity index (χ2v) is 13.7. The first kappa shape index (κ1) is 29.6. The number of hydrogen-bond acceptors (Lipinski definition) is 1. The highest BCUT2D eigenvalue weighted by Crippen LogP contribution is 2.43. The zero-order chi connectivity index (χ0) is 34.9. The summed E-state index contributed by atoms with van der Waals surface area (Å²) in [5.74, 6) is 0. The molecule has 0 saturated carbocycles. The van der Waals surface area contributed by atoms with Crippen LogP contribution in [0.5, 0.6) is 0 Å². The van der Waals surface area contributed by atoms with Crippen LogP contribution in [-0.4, -0.2) is 9.13 Å². The molecule has 0 N–H and O–H groups in total. The van der Waals surface area contributed by atoms with Gasteiger partial charge in [-0.25, -0.2) is 0 Å². The van der Waals surface area contributed by atoms with Crippen molar-refractivity contribution < 1.29 is 4.42 Å². The van der Waals surface area contributed by atoms with E-state index in [9.17, 15) is 0 Å². The second kappa shape index (κ2) is 11.7. The minimum Gasteiger partial charge on any atom is -0.453 e. The van der Waals surface area contributed by atoms with Gasteiger partial charge in [-0.15, -0.1) is 0 Å². The summed E-state index contributed by atoms with van der Waals surface area (Å²) in [5.41, 5.74) is 14.4. The van der Waals surface area contributed by atoms with Gasteiger partial charge in [-0.1, -0.05) is 146 Å².